The number of carbonyl (C=O) groups is 1. The molecule has 13 heavy (non-hydrogen) atoms. The summed E-state index contributed by atoms with van der Waals surface area (Å²) >= 11 is 0. The number of H-pyrrole nitrogens is 1. The van der Waals surface area contributed by atoms with Crippen LogP contribution in [0.2, 0.25) is 0 Å². The quantitative estimate of drug-likeness (QED) is 0.672. The summed E-state index contributed by atoms with van der Waals surface area (Å²) in [5, 5.41) is 0.865. The molecule has 0 aliphatic heterocycles. The SMILES string of the molecule is Cc1[nH]c2c[c]ccc2c1C(N)=O. The van der Waals surface area contributed by atoms with Gasteiger partial charge in [-0.25, -0.2) is 0 Å². The van der Waals surface area contributed by atoms with Crippen LogP contribution in [0.5, 0.6) is 0 Å². The van der Waals surface area contributed by atoms with Crippen molar-refractivity contribution < 1.29 is 4.79 Å². The van der Waals surface area contributed by atoms with Crippen molar-refractivity contribution >= 4 is 16.8 Å². The Kier molecular flexibility index (Phi) is 1.59. The van der Waals surface area contributed by atoms with Crippen LogP contribution in [-0.4, -0.2) is 10.9 Å². The van der Waals surface area contributed by atoms with E-state index in [4.69, 9.17) is 5.73 Å². The fourth-order valence-electron chi connectivity index (χ4n) is 1.54. The van der Waals surface area contributed by atoms with Crippen molar-refractivity contribution in [1.29, 1.82) is 0 Å². The Balaban J connectivity index is 2.86. The van der Waals surface area contributed by atoms with Crippen molar-refractivity contribution in [2.75, 3.05) is 0 Å². The molecule has 2 rings (SSSR count). The van der Waals surface area contributed by atoms with E-state index in [-0.39, 0.29) is 0 Å². The van der Waals surface area contributed by atoms with Gasteiger partial charge in [0.05, 0.1) is 5.56 Å². The van der Waals surface area contributed by atoms with Gasteiger partial charge in [-0.05, 0) is 19.1 Å². The molecule has 65 valence electrons. The van der Waals surface area contributed by atoms with Crippen molar-refractivity contribution in [2.45, 2.75) is 6.92 Å². The van der Waals surface area contributed by atoms with Gasteiger partial charge >= 0.3 is 0 Å². The maximum atomic E-state index is 11.1. The van der Waals surface area contributed by atoms with Crippen molar-refractivity contribution in [3.8, 4) is 0 Å². The first-order chi connectivity index (χ1) is 6.20. The number of carbonyl (C=O) groups excluding carboxylic acids is 1. The summed E-state index contributed by atoms with van der Waals surface area (Å²) in [6.07, 6.45) is 0. The number of nitrogens with two attached hydrogens (primary N) is 1. The van der Waals surface area contributed by atoms with Crippen molar-refractivity contribution in [1.82, 2.24) is 4.98 Å². The molecule has 1 aromatic heterocycles. The van der Waals surface area contributed by atoms with Crippen LogP contribution in [0.4, 0.5) is 0 Å². The lowest BCUT2D eigenvalue weighted by atomic mass is 10.1. The highest BCUT2D eigenvalue weighted by molar-refractivity contribution is 6.07. The molecule has 0 bridgehead atoms. The van der Waals surface area contributed by atoms with Crippen LogP contribution in [0.15, 0.2) is 18.2 Å². The van der Waals surface area contributed by atoms with Crippen molar-refractivity contribution in [2.24, 2.45) is 5.73 Å². The molecule has 3 heteroatoms. The Morgan fingerprint density at radius 1 is 1.62 bits per heavy atom. The summed E-state index contributed by atoms with van der Waals surface area (Å²) in [6, 6.07) is 8.33. The Hall–Kier alpha value is -1.77. The minimum atomic E-state index is -0.394. The summed E-state index contributed by atoms with van der Waals surface area (Å²) < 4.78 is 0. The predicted octanol–water partition coefficient (Wildman–Crippen LogP) is 1.38. The first-order valence-electron chi connectivity index (χ1n) is 3.98. The van der Waals surface area contributed by atoms with E-state index in [0.29, 0.717) is 5.56 Å². The number of amides is 1. The molecular weight excluding hydrogens is 164 g/mol. The summed E-state index contributed by atoms with van der Waals surface area (Å²) in [4.78, 5) is 14.2. The maximum absolute atomic E-state index is 11.1. The summed E-state index contributed by atoms with van der Waals surface area (Å²) in [5.74, 6) is -0.394. The fraction of sp³-hybridized carbons (Fsp3) is 0.100. The Bertz CT molecular complexity index is 471. The van der Waals surface area contributed by atoms with Gasteiger partial charge in [-0.15, -0.1) is 0 Å². The number of hydrogen-bond acceptors (Lipinski definition) is 1. The zero-order valence-electron chi connectivity index (χ0n) is 7.22. The molecule has 1 amide bonds. The lowest BCUT2D eigenvalue weighted by molar-refractivity contribution is 0.100. The van der Waals surface area contributed by atoms with E-state index in [1.807, 2.05) is 13.0 Å². The van der Waals surface area contributed by atoms with Gasteiger partial charge in [0, 0.05) is 16.6 Å². The highest BCUT2D eigenvalue weighted by Crippen LogP contribution is 2.20. The molecule has 3 nitrogen and oxygen atoms in total. The van der Waals surface area contributed by atoms with Gasteiger partial charge in [0.15, 0.2) is 0 Å². The third kappa shape index (κ3) is 1.09. The fourth-order valence-corrected chi connectivity index (χ4v) is 1.54. The third-order valence-corrected chi connectivity index (χ3v) is 2.08. The second-order valence-electron chi connectivity index (χ2n) is 2.96. The molecule has 0 fully saturated rings. The van der Waals surface area contributed by atoms with E-state index in [1.54, 1.807) is 12.1 Å². The third-order valence-electron chi connectivity index (χ3n) is 2.08. The van der Waals surface area contributed by atoms with Gasteiger partial charge in [0.2, 0.25) is 0 Å². The highest BCUT2D eigenvalue weighted by Gasteiger charge is 2.11. The number of primary amides is 1. The van der Waals surface area contributed by atoms with Crippen LogP contribution in [0.1, 0.15) is 16.1 Å². The first kappa shape index (κ1) is 7.86. The molecule has 1 radical (unpaired) electrons. The monoisotopic (exact) mass is 173 g/mol. The van der Waals surface area contributed by atoms with Crippen LogP contribution in [0.25, 0.3) is 10.9 Å². The summed E-state index contributed by atoms with van der Waals surface area (Å²) in [6.45, 7) is 1.83. The number of fused-ring (bicyclic) bond motifs is 1. The number of aromatic amines is 1. The average molecular weight is 173 g/mol. The normalized spacial score (nSPS) is 10.5. The topological polar surface area (TPSA) is 58.9 Å². The molecule has 1 heterocycles. The molecule has 0 unspecified atom stereocenters. The first-order valence-corrected chi connectivity index (χ1v) is 3.98. The number of aryl methyl sites for hydroxylation is 1. The molecule has 0 aliphatic carbocycles. The number of benzene rings is 1. The maximum Gasteiger partial charge on any atom is 0.251 e. The van der Waals surface area contributed by atoms with E-state index in [1.165, 1.54) is 0 Å². The number of nitrogens with one attached hydrogen (secondary N) is 1. The Morgan fingerprint density at radius 2 is 2.38 bits per heavy atom. The van der Waals surface area contributed by atoms with E-state index in [9.17, 15) is 4.79 Å². The molecule has 1 aromatic carbocycles. The second kappa shape index (κ2) is 2.62. The number of rotatable bonds is 1. The van der Waals surface area contributed by atoms with Crippen LogP contribution in [0, 0.1) is 13.0 Å². The molecule has 0 spiro atoms. The average Bonchev–Trinajstić information content (AvgIpc) is 2.39. The lowest BCUT2D eigenvalue weighted by Gasteiger charge is -1.92. The number of hydrogen-bond donors (Lipinski definition) is 2. The zero-order chi connectivity index (χ0) is 9.42. The van der Waals surface area contributed by atoms with Gasteiger partial charge in [-0.3, -0.25) is 4.79 Å². The largest absolute Gasteiger partial charge is 0.366 e. The lowest BCUT2D eigenvalue weighted by Crippen LogP contribution is -2.11. The predicted molar refractivity (Wildman–Crippen MR) is 50.4 cm³/mol. The van der Waals surface area contributed by atoms with E-state index in [0.717, 1.165) is 16.6 Å². The number of aromatic nitrogens is 1. The van der Waals surface area contributed by atoms with Crippen molar-refractivity contribution in [3.05, 3.63) is 35.5 Å². The van der Waals surface area contributed by atoms with E-state index >= 15 is 0 Å². The van der Waals surface area contributed by atoms with E-state index in [2.05, 4.69) is 11.1 Å². The van der Waals surface area contributed by atoms with Gasteiger partial charge < -0.3 is 10.7 Å². The minimum Gasteiger partial charge on any atom is -0.366 e. The Morgan fingerprint density at radius 3 is 3.08 bits per heavy atom. The van der Waals surface area contributed by atoms with Gasteiger partial charge in [0.25, 0.3) is 5.91 Å². The molecule has 0 aliphatic rings. The molecule has 0 atom stereocenters. The van der Waals surface area contributed by atoms with Crippen LogP contribution >= 0.6 is 0 Å². The van der Waals surface area contributed by atoms with Gasteiger partial charge in [0.1, 0.15) is 0 Å². The standard InChI is InChI=1S/C10H9N2O/c1-6-9(10(11)13)7-4-2-3-5-8(7)12-6/h2,4-5,12H,1H3,(H2,11,13). The van der Waals surface area contributed by atoms with Crippen LogP contribution < -0.4 is 5.73 Å². The van der Waals surface area contributed by atoms with E-state index < -0.39 is 5.91 Å². The minimum absolute atomic E-state index is 0.394. The summed E-state index contributed by atoms with van der Waals surface area (Å²) in [7, 11) is 0. The molecule has 0 saturated carbocycles. The molecule has 0 saturated heterocycles. The van der Waals surface area contributed by atoms with Crippen LogP contribution in [-0.2, 0) is 0 Å². The highest BCUT2D eigenvalue weighted by atomic mass is 16.1. The van der Waals surface area contributed by atoms with Crippen LogP contribution in [0.3, 0.4) is 0 Å². The molecule has 3 N–H and O–H groups in total. The molecular formula is C10H9N2O. The zero-order valence-corrected chi connectivity index (χ0v) is 7.22. The second-order valence-corrected chi connectivity index (χ2v) is 2.96. The summed E-state index contributed by atoms with van der Waals surface area (Å²) in [5.41, 5.74) is 7.53. The smallest absolute Gasteiger partial charge is 0.251 e. The Labute approximate surface area is 75.6 Å². The van der Waals surface area contributed by atoms with Crippen molar-refractivity contribution in [3.63, 3.8) is 0 Å². The van der Waals surface area contributed by atoms with Gasteiger partial charge in [-0.2, -0.15) is 0 Å². The van der Waals surface area contributed by atoms with Gasteiger partial charge in [-0.1, -0.05) is 12.1 Å². The molecule has 2 aromatic rings.